The van der Waals surface area contributed by atoms with Gasteiger partial charge in [0.25, 0.3) is 5.91 Å². The maximum atomic E-state index is 14.8. The maximum Gasteiger partial charge on any atom is 0.254 e. The number of carbonyl (C=O) groups excluding carboxylic acids is 2. The van der Waals surface area contributed by atoms with Crippen LogP contribution in [-0.4, -0.2) is 87.9 Å². The third kappa shape index (κ3) is 6.02. The van der Waals surface area contributed by atoms with Gasteiger partial charge in [-0.1, -0.05) is 0 Å². The summed E-state index contributed by atoms with van der Waals surface area (Å²) in [6, 6.07) is 5.38. The molecule has 0 spiro atoms. The number of piperidine rings is 1. The molecule has 0 aliphatic carbocycles. The Kier molecular flexibility index (Phi) is 8.97. The maximum absolute atomic E-state index is 14.8. The number of benzene rings is 1. The van der Waals surface area contributed by atoms with E-state index in [4.69, 9.17) is 10.5 Å². The molecule has 44 heavy (non-hydrogen) atoms. The lowest BCUT2D eigenvalue weighted by Crippen LogP contribution is -2.62. The van der Waals surface area contributed by atoms with Crippen LogP contribution in [-0.2, 0) is 9.53 Å². The highest BCUT2D eigenvalue weighted by Gasteiger charge is 2.39. The number of aryl methyl sites for hydroxylation is 1. The molecular formula is C31H38F2N8O3. The number of allylic oxidation sites excluding steroid dienone is 4. The predicted octanol–water partition coefficient (Wildman–Crippen LogP) is 3.69. The number of ether oxygens (including phenoxy) is 1. The number of nitrogens with zero attached hydrogens (tertiary/aromatic N) is 5. The van der Waals surface area contributed by atoms with Crippen molar-refractivity contribution in [2.45, 2.75) is 39.2 Å². The Bertz CT molecular complexity index is 1640. The Morgan fingerprint density at radius 3 is 2.39 bits per heavy atom. The lowest BCUT2D eigenvalue weighted by atomic mass is 9.88. The zero-order valence-electron chi connectivity index (χ0n) is 25.4. The Morgan fingerprint density at radius 2 is 1.73 bits per heavy atom. The second kappa shape index (κ2) is 12.7. The normalized spacial score (nSPS) is 18.1. The lowest BCUT2D eigenvalue weighted by Gasteiger charge is -2.41. The Labute approximate surface area is 254 Å². The number of anilines is 2. The second-order valence-corrected chi connectivity index (χ2v) is 11.3. The largest absolute Gasteiger partial charge is 0.498 e. The Hall–Kier alpha value is -4.36. The summed E-state index contributed by atoms with van der Waals surface area (Å²) in [6.07, 6.45) is 5.82. The van der Waals surface area contributed by atoms with Crippen molar-refractivity contribution in [3.05, 3.63) is 71.0 Å². The number of carbonyl (C=O) groups is 2. The number of fused-ring (bicyclic) bond motifs is 1. The van der Waals surface area contributed by atoms with Gasteiger partial charge in [-0.15, -0.1) is 0 Å². The highest BCUT2D eigenvalue weighted by Crippen LogP contribution is 2.30. The number of amides is 2. The number of hydrogen-bond donors (Lipinski definition) is 3. The molecule has 2 amide bonds. The van der Waals surface area contributed by atoms with Gasteiger partial charge >= 0.3 is 0 Å². The van der Waals surface area contributed by atoms with E-state index in [1.54, 1.807) is 32.5 Å². The number of aromatic nitrogens is 3. The molecule has 2 fully saturated rings. The van der Waals surface area contributed by atoms with Crippen molar-refractivity contribution >= 4 is 34.5 Å². The van der Waals surface area contributed by atoms with Crippen LogP contribution in [0.2, 0.25) is 0 Å². The number of imidazole rings is 1. The van der Waals surface area contributed by atoms with Crippen LogP contribution < -0.4 is 16.4 Å². The topological polar surface area (TPSA) is 130 Å². The first-order valence-corrected chi connectivity index (χ1v) is 14.6. The first-order chi connectivity index (χ1) is 21.0. The molecule has 2 aromatic heterocycles. The van der Waals surface area contributed by atoms with E-state index in [1.165, 1.54) is 33.4 Å². The zero-order valence-corrected chi connectivity index (χ0v) is 25.4. The lowest BCUT2D eigenvalue weighted by molar-refractivity contribution is -0.139. The minimum absolute atomic E-state index is 0.0348. The number of halogens is 2. The number of piperazine rings is 1. The molecule has 0 saturated carbocycles. The standard InChI is InChI=1S/C31H38F2N8O3/c1-19-17-22(38-27-28-37-18-24(41(28)12-11-36-27)20(2)25(32)26(33)21(3)44-4)5-6-23(19)29(42)39-13-15-40(16-14-39)30(43)31(34)7-9-35-10-8-31/h5-6,11-12,17-18,35H,7-10,13-16,34H2,1-4H3,(H,36,38)/b25-20-,26-21-. The molecule has 2 saturated heterocycles. The summed E-state index contributed by atoms with van der Waals surface area (Å²) >= 11 is 0. The molecule has 13 heteroatoms. The minimum Gasteiger partial charge on any atom is -0.498 e. The van der Waals surface area contributed by atoms with Gasteiger partial charge in [0, 0.05) is 55.4 Å². The molecule has 2 aliphatic heterocycles. The Balaban J connectivity index is 1.28. The van der Waals surface area contributed by atoms with Gasteiger partial charge in [-0.3, -0.25) is 14.0 Å². The van der Waals surface area contributed by atoms with Gasteiger partial charge in [-0.2, -0.15) is 0 Å². The van der Waals surface area contributed by atoms with Crippen LogP contribution in [0.15, 0.2) is 54.2 Å². The number of rotatable bonds is 7. The molecule has 3 aromatic rings. The van der Waals surface area contributed by atoms with Crippen LogP contribution in [0.25, 0.3) is 11.2 Å². The van der Waals surface area contributed by atoms with Crippen LogP contribution in [0, 0.1) is 6.92 Å². The van der Waals surface area contributed by atoms with Crippen LogP contribution in [0.1, 0.15) is 48.3 Å². The van der Waals surface area contributed by atoms with E-state index in [0.29, 0.717) is 67.4 Å². The summed E-state index contributed by atoms with van der Waals surface area (Å²) < 4.78 is 35.7. The average molecular weight is 609 g/mol. The molecule has 4 N–H and O–H groups in total. The van der Waals surface area contributed by atoms with Crippen molar-refractivity contribution in [2.24, 2.45) is 5.73 Å². The molecule has 5 rings (SSSR count). The van der Waals surface area contributed by atoms with Crippen molar-refractivity contribution < 1.29 is 23.1 Å². The van der Waals surface area contributed by atoms with E-state index in [1.807, 2.05) is 13.0 Å². The minimum atomic E-state index is -1.08. The zero-order chi connectivity index (χ0) is 31.6. The van der Waals surface area contributed by atoms with Crippen LogP contribution in [0.5, 0.6) is 0 Å². The molecule has 0 unspecified atom stereocenters. The summed E-state index contributed by atoms with van der Waals surface area (Å²) in [5.74, 6) is -2.00. The van der Waals surface area contributed by atoms with Crippen molar-refractivity contribution in [3.8, 4) is 0 Å². The summed E-state index contributed by atoms with van der Waals surface area (Å²) in [5, 5.41) is 6.46. The van der Waals surface area contributed by atoms with E-state index in [0.717, 1.165) is 18.7 Å². The van der Waals surface area contributed by atoms with E-state index >= 15 is 0 Å². The van der Waals surface area contributed by atoms with Crippen LogP contribution in [0.4, 0.5) is 20.3 Å². The average Bonchev–Trinajstić information content (AvgIpc) is 3.48. The fourth-order valence-electron chi connectivity index (χ4n) is 5.61. The van der Waals surface area contributed by atoms with Crippen molar-refractivity contribution in [2.75, 3.05) is 51.7 Å². The second-order valence-electron chi connectivity index (χ2n) is 11.3. The van der Waals surface area contributed by atoms with Gasteiger partial charge in [0.05, 0.1) is 24.5 Å². The summed E-state index contributed by atoms with van der Waals surface area (Å²) in [5.41, 5.74) is 8.43. The van der Waals surface area contributed by atoms with Gasteiger partial charge in [0.2, 0.25) is 5.91 Å². The number of methoxy groups -OCH3 is 1. The highest BCUT2D eigenvalue weighted by atomic mass is 19.2. The fourth-order valence-corrected chi connectivity index (χ4v) is 5.61. The molecule has 0 radical (unpaired) electrons. The third-order valence-electron chi connectivity index (χ3n) is 8.44. The van der Waals surface area contributed by atoms with Gasteiger partial charge in [0.1, 0.15) is 5.76 Å². The molecule has 0 bridgehead atoms. The quantitative estimate of drug-likeness (QED) is 0.274. The predicted molar refractivity (Wildman–Crippen MR) is 163 cm³/mol. The fraction of sp³-hybridized carbons (Fsp3) is 0.419. The van der Waals surface area contributed by atoms with Gasteiger partial charge in [-0.05, 0) is 70.5 Å². The van der Waals surface area contributed by atoms with Crippen molar-refractivity contribution in [1.82, 2.24) is 29.5 Å². The molecule has 0 atom stereocenters. The molecule has 1 aromatic carbocycles. The van der Waals surface area contributed by atoms with E-state index < -0.39 is 17.2 Å². The van der Waals surface area contributed by atoms with E-state index in [9.17, 15) is 18.4 Å². The van der Waals surface area contributed by atoms with E-state index in [2.05, 4.69) is 20.6 Å². The molecule has 2 aliphatic rings. The molecular weight excluding hydrogens is 570 g/mol. The molecule has 11 nitrogen and oxygen atoms in total. The van der Waals surface area contributed by atoms with Crippen LogP contribution in [0.3, 0.4) is 0 Å². The monoisotopic (exact) mass is 608 g/mol. The van der Waals surface area contributed by atoms with Gasteiger partial charge in [-0.25, -0.2) is 18.7 Å². The van der Waals surface area contributed by atoms with Gasteiger partial charge in [0.15, 0.2) is 23.1 Å². The smallest absolute Gasteiger partial charge is 0.254 e. The first-order valence-electron chi connectivity index (χ1n) is 14.6. The van der Waals surface area contributed by atoms with Gasteiger partial charge < -0.3 is 30.9 Å². The first kappa shape index (κ1) is 31.1. The third-order valence-corrected chi connectivity index (χ3v) is 8.44. The van der Waals surface area contributed by atoms with Crippen molar-refractivity contribution in [1.29, 1.82) is 0 Å². The SMILES string of the molecule is CO/C(C)=C(F)/C(F)=C(\C)c1cnc2c(Nc3ccc(C(=O)N4CCN(C(=O)C5(N)CCNCC5)CC4)c(C)c3)nccn12. The number of nitrogens with one attached hydrogen (secondary N) is 2. The van der Waals surface area contributed by atoms with E-state index in [-0.39, 0.29) is 23.1 Å². The summed E-state index contributed by atoms with van der Waals surface area (Å²) in [7, 11) is 1.27. The molecule has 234 valence electrons. The summed E-state index contributed by atoms with van der Waals surface area (Å²) in [6.45, 7) is 7.89. The number of nitrogens with two attached hydrogens (primary N) is 1. The Morgan fingerprint density at radius 1 is 1.05 bits per heavy atom. The highest BCUT2D eigenvalue weighted by molar-refractivity contribution is 5.96. The number of hydrogen-bond acceptors (Lipinski definition) is 8. The molecule has 4 heterocycles. The summed E-state index contributed by atoms with van der Waals surface area (Å²) in [4.78, 5) is 38.8. The van der Waals surface area contributed by atoms with Crippen LogP contribution >= 0.6 is 0 Å². The van der Waals surface area contributed by atoms with Crippen molar-refractivity contribution in [3.63, 3.8) is 0 Å².